The van der Waals surface area contributed by atoms with E-state index in [-0.39, 0.29) is 12.5 Å². The molecule has 156 valence electrons. The van der Waals surface area contributed by atoms with E-state index in [4.69, 9.17) is 4.74 Å². The molecule has 0 saturated carbocycles. The van der Waals surface area contributed by atoms with Gasteiger partial charge in [-0.1, -0.05) is 60.7 Å². The minimum atomic E-state index is -0.834. The number of carbonyl (C=O) groups excluding carboxylic acids is 1. The molecule has 0 bridgehead atoms. The predicted octanol–water partition coefficient (Wildman–Crippen LogP) is 4.01. The quantitative estimate of drug-likeness (QED) is 0.480. The molecule has 4 rings (SSSR count). The third kappa shape index (κ3) is 4.65. The van der Waals surface area contributed by atoms with Gasteiger partial charge in [-0.2, -0.15) is 5.10 Å². The Balaban J connectivity index is 1.57. The van der Waals surface area contributed by atoms with E-state index in [1.54, 1.807) is 42.3 Å². The van der Waals surface area contributed by atoms with Crippen molar-refractivity contribution in [2.45, 2.75) is 6.10 Å². The highest BCUT2D eigenvalue weighted by molar-refractivity contribution is 5.99. The molecule has 0 saturated heterocycles. The second kappa shape index (κ2) is 9.28. The Morgan fingerprint density at radius 2 is 1.65 bits per heavy atom. The van der Waals surface area contributed by atoms with Gasteiger partial charge in [-0.3, -0.25) is 4.79 Å². The van der Waals surface area contributed by atoms with Gasteiger partial charge in [0.05, 0.1) is 24.5 Å². The van der Waals surface area contributed by atoms with Gasteiger partial charge < -0.3 is 15.2 Å². The molecule has 1 unspecified atom stereocenters. The van der Waals surface area contributed by atoms with Crippen LogP contribution < -0.4 is 10.1 Å². The van der Waals surface area contributed by atoms with Crippen LogP contribution in [-0.4, -0.2) is 34.4 Å². The zero-order chi connectivity index (χ0) is 21.6. The monoisotopic (exact) mass is 413 g/mol. The lowest BCUT2D eigenvalue weighted by Crippen LogP contribution is -2.28. The molecule has 0 aliphatic rings. The van der Waals surface area contributed by atoms with E-state index >= 15 is 0 Å². The highest BCUT2D eigenvalue weighted by atomic mass is 16.5. The van der Waals surface area contributed by atoms with Gasteiger partial charge in [0.15, 0.2) is 0 Å². The summed E-state index contributed by atoms with van der Waals surface area (Å²) in [5, 5.41) is 18.0. The van der Waals surface area contributed by atoms with Crippen molar-refractivity contribution in [1.82, 2.24) is 15.1 Å². The number of methoxy groups -OCH3 is 1. The molecular weight excluding hydrogens is 390 g/mol. The number of hydrogen-bond donors (Lipinski definition) is 2. The summed E-state index contributed by atoms with van der Waals surface area (Å²) in [6, 6.07) is 26.3. The smallest absolute Gasteiger partial charge is 0.255 e. The van der Waals surface area contributed by atoms with Crippen LogP contribution in [0.25, 0.3) is 16.9 Å². The molecule has 2 N–H and O–H groups in total. The number of para-hydroxylation sites is 1. The molecule has 6 nitrogen and oxygen atoms in total. The molecule has 31 heavy (non-hydrogen) atoms. The fourth-order valence-electron chi connectivity index (χ4n) is 3.29. The number of aromatic nitrogens is 2. The fourth-order valence-corrected chi connectivity index (χ4v) is 3.29. The van der Waals surface area contributed by atoms with Crippen molar-refractivity contribution >= 4 is 5.91 Å². The second-order valence-electron chi connectivity index (χ2n) is 7.04. The van der Waals surface area contributed by atoms with Gasteiger partial charge in [0.25, 0.3) is 5.91 Å². The Morgan fingerprint density at radius 1 is 1.00 bits per heavy atom. The summed E-state index contributed by atoms with van der Waals surface area (Å²) in [6.45, 7) is 0.0793. The van der Waals surface area contributed by atoms with E-state index in [1.807, 2.05) is 60.7 Å². The molecule has 3 aromatic carbocycles. The number of rotatable bonds is 7. The number of hydrogen-bond acceptors (Lipinski definition) is 4. The summed E-state index contributed by atoms with van der Waals surface area (Å²) in [5.74, 6) is 0.411. The van der Waals surface area contributed by atoms with Crippen LogP contribution in [0.15, 0.2) is 91.1 Å². The van der Waals surface area contributed by atoms with E-state index in [0.717, 1.165) is 11.3 Å². The Hall–Kier alpha value is -3.90. The van der Waals surface area contributed by atoms with Crippen LogP contribution >= 0.6 is 0 Å². The molecule has 1 amide bonds. The number of carbonyl (C=O) groups is 1. The van der Waals surface area contributed by atoms with Gasteiger partial charge in [0, 0.05) is 18.3 Å². The molecule has 0 fully saturated rings. The van der Waals surface area contributed by atoms with Crippen LogP contribution in [0.2, 0.25) is 0 Å². The number of nitrogens with one attached hydrogen (secondary N) is 1. The number of amides is 1. The lowest BCUT2D eigenvalue weighted by molar-refractivity contribution is 0.0917. The summed E-state index contributed by atoms with van der Waals surface area (Å²) in [6.07, 6.45) is 0.881. The van der Waals surface area contributed by atoms with Crippen molar-refractivity contribution in [3.63, 3.8) is 0 Å². The predicted molar refractivity (Wildman–Crippen MR) is 119 cm³/mol. The molecule has 6 heteroatoms. The Morgan fingerprint density at radius 3 is 2.29 bits per heavy atom. The second-order valence-corrected chi connectivity index (χ2v) is 7.04. The van der Waals surface area contributed by atoms with E-state index in [9.17, 15) is 9.90 Å². The summed E-state index contributed by atoms with van der Waals surface area (Å²) >= 11 is 0. The van der Waals surface area contributed by atoms with Crippen LogP contribution in [0.4, 0.5) is 0 Å². The highest BCUT2D eigenvalue weighted by Gasteiger charge is 2.19. The van der Waals surface area contributed by atoms with Crippen molar-refractivity contribution in [1.29, 1.82) is 0 Å². The standard InChI is InChI=1S/C25H23N3O3/c1-31-21-14-12-18(13-15-21)23(29)16-26-25(30)22-17-28(20-10-6-3-7-11-20)27-24(22)19-8-4-2-5-9-19/h2-15,17,23,29H,16H2,1H3,(H,26,30). The first-order valence-corrected chi connectivity index (χ1v) is 9.96. The highest BCUT2D eigenvalue weighted by Crippen LogP contribution is 2.24. The Labute approximate surface area is 180 Å². The van der Waals surface area contributed by atoms with Gasteiger partial charge in [0.2, 0.25) is 0 Å². The molecule has 0 radical (unpaired) electrons. The zero-order valence-corrected chi connectivity index (χ0v) is 17.1. The molecule has 1 aromatic heterocycles. The van der Waals surface area contributed by atoms with E-state index in [2.05, 4.69) is 10.4 Å². The largest absolute Gasteiger partial charge is 0.497 e. The third-order valence-electron chi connectivity index (χ3n) is 4.98. The van der Waals surface area contributed by atoms with Crippen molar-refractivity contribution in [3.05, 3.63) is 102 Å². The summed E-state index contributed by atoms with van der Waals surface area (Å²) in [5.41, 5.74) is 3.43. The maximum Gasteiger partial charge on any atom is 0.255 e. The van der Waals surface area contributed by atoms with Crippen LogP contribution in [0, 0.1) is 0 Å². The lowest BCUT2D eigenvalue weighted by Gasteiger charge is -2.13. The van der Waals surface area contributed by atoms with Crippen LogP contribution in [0.1, 0.15) is 22.0 Å². The van der Waals surface area contributed by atoms with Crippen LogP contribution in [-0.2, 0) is 0 Å². The number of benzene rings is 3. The minimum absolute atomic E-state index is 0.0793. The van der Waals surface area contributed by atoms with Crippen LogP contribution in [0.5, 0.6) is 5.75 Å². The lowest BCUT2D eigenvalue weighted by atomic mass is 10.1. The molecule has 1 heterocycles. The fraction of sp³-hybridized carbons (Fsp3) is 0.120. The topological polar surface area (TPSA) is 76.4 Å². The van der Waals surface area contributed by atoms with E-state index < -0.39 is 6.10 Å². The number of ether oxygens (including phenoxy) is 1. The maximum absolute atomic E-state index is 13.0. The average molecular weight is 413 g/mol. The van der Waals surface area contributed by atoms with Gasteiger partial charge in [-0.15, -0.1) is 0 Å². The summed E-state index contributed by atoms with van der Waals surface area (Å²) in [7, 11) is 1.59. The van der Waals surface area contributed by atoms with Gasteiger partial charge in [-0.05, 0) is 29.8 Å². The van der Waals surface area contributed by atoms with Crippen molar-refractivity contribution in [2.75, 3.05) is 13.7 Å². The number of nitrogens with zero attached hydrogens (tertiary/aromatic N) is 2. The molecule has 0 spiro atoms. The van der Waals surface area contributed by atoms with Crippen molar-refractivity contribution < 1.29 is 14.6 Å². The molecule has 0 aliphatic carbocycles. The van der Waals surface area contributed by atoms with Crippen LogP contribution in [0.3, 0.4) is 0 Å². The van der Waals surface area contributed by atoms with Gasteiger partial charge in [-0.25, -0.2) is 4.68 Å². The number of aliphatic hydroxyl groups is 1. The van der Waals surface area contributed by atoms with Crippen molar-refractivity contribution in [3.8, 4) is 22.7 Å². The molecule has 4 aromatic rings. The Kier molecular flexibility index (Phi) is 6.10. The molecular formula is C25H23N3O3. The molecule has 1 atom stereocenters. The van der Waals surface area contributed by atoms with Gasteiger partial charge in [0.1, 0.15) is 11.4 Å². The summed E-state index contributed by atoms with van der Waals surface area (Å²) in [4.78, 5) is 13.0. The first kappa shape index (κ1) is 20.4. The summed E-state index contributed by atoms with van der Waals surface area (Å²) < 4.78 is 6.83. The normalized spacial score (nSPS) is 11.7. The Bertz CT molecular complexity index is 1140. The van der Waals surface area contributed by atoms with Crippen molar-refractivity contribution in [2.24, 2.45) is 0 Å². The first-order chi connectivity index (χ1) is 15.2. The van der Waals surface area contributed by atoms with E-state index in [1.165, 1.54) is 0 Å². The first-order valence-electron chi connectivity index (χ1n) is 9.96. The maximum atomic E-state index is 13.0. The number of aliphatic hydroxyl groups excluding tert-OH is 1. The molecule has 0 aliphatic heterocycles. The average Bonchev–Trinajstić information content (AvgIpc) is 3.29. The zero-order valence-electron chi connectivity index (χ0n) is 17.1. The van der Waals surface area contributed by atoms with Gasteiger partial charge >= 0.3 is 0 Å². The third-order valence-corrected chi connectivity index (χ3v) is 4.98. The van der Waals surface area contributed by atoms with E-state index in [0.29, 0.717) is 22.6 Å². The minimum Gasteiger partial charge on any atom is -0.497 e. The SMILES string of the molecule is COc1ccc(C(O)CNC(=O)c2cn(-c3ccccc3)nc2-c2ccccc2)cc1.